The number of hydrazine groups is 1. The van der Waals surface area contributed by atoms with Crippen molar-refractivity contribution in [1.29, 1.82) is 0 Å². The van der Waals surface area contributed by atoms with Gasteiger partial charge in [-0.1, -0.05) is 18.7 Å². The summed E-state index contributed by atoms with van der Waals surface area (Å²) < 4.78 is 13.5. The minimum Gasteiger partial charge on any atom is -0.298 e. The summed E-state index contributed by atoms with van der Waals surface area (Å²) in [7, 11) is 0. The van der Waals surface area contributed by atoms with Crippen molar-refractivity contribution in [3.63, 3.8) is 0 Å². The SMILES string of the molecule is C=C(NNC(=O)c1ccccc1Br)c1ccc(F)cc1. The van der Waals surface area contributed by atoms with E-state index in [-0.39, 0.29) is 11.7 Å². The molecule has 0 radical (unpaired) electrons. The first-order chi connectivity index (χ1) is 9.58. The highest BCUT2D eigenvalue weighted by Gasteiger charge is 2.09. The van der Waals surface area contributed by atoms with Crippen LogP contribution in [-0.2, 0) is 0 Å². The molecule has 3 nitrogen and oxygen atoms in total. The molecular formula is C15H12BrFN2O. The van der Waals surface area contributed by atoms with Crippen molar-refractivity contribution in [3.05, 3.63) is 76.5 Å². The largest absolute Gasteiger partial charge is 0.298 e. The molecule has 0 bridgehead atoms. The summed E-state index contributed by atoms with van der Waals surface area (Å²) in [5, 5.41) is 0. The molecule has 0 fully saturated rings. The second kappa shape index (κ2) is 6.34. The Morgan fingerprint density at radius 2 is 1.70 bits per heavy atom. The van der Waals surface area contributed by atoms with E-state index in [1.807, 2.05) is 6.07 Å². The van der Waals surface area contributed by atoms with E-state index in [0.29, 0.717) is 21.3 Å². The van der Waals surface area contributed by atoms with Crippen LogP contribution >= 0.6 is 15.9 Å². The zero-order chi connectivity index (χ0) is 14.5. The van der Waals surface area contributed by atoms with Crippen LogP contribution in [0.5, 0.6) is 0 Å². The van der Waals surface area contributed by atoms with Gasteiger partial charge < -0.3 is 0 Å². The molecule has 2 rings (SSSR count). The van der Waals surface area contributed by atoms with Gasteiger partial charge in [0, 0.05) is 4.47 Å². The lowest BCUT2D eigenvalue weighted by Gasteiger charge is -2.12. The van der Waals surface area contributed by atoms with Crippen LogP contribution in [0.3, 0.4) is 0 Å². The van der Waals surface area contributed by atoms with Crippen molar-refractivity contribution in [2.75, 3.05) is 0 Å². The van der Waals surface area contributed by atoms with Crippen LogP contribution in [0.1, 0.15) is 15.9 Å². The smallest absolute Gasteiger partial charge is 0.270 e. The molecule has 0 unspecified atom stereocenters. The van der Waals surface area contributed by atoms with Gasteiger partial charge in [0.05, 0.1) is 11.3 Å². The summed E-state index contributed by atoms with van der Waals surface area (Å²) in [5.74, 6) is -0.612. The zero-order valence-electron chi connectivity index (χ0n) is 10.5. The van der Waals surface area contributed by atoms with Gasteiger partial charge in [0.25, 0.3) is 5.91 Å². The van der Waals surface area contributed by atoms with Crippen molar-refractivity contribution >= 4 is 27.5 Å². The van der Waals surface area contributed by atoms with E-state index in [0.717, 1.165) is 0 Å². The van der Waals surface area contributed by atoms with Gasteiger partial charge in [-0.15, -0.1) is 0 Å². The molecule has 0 saturated carbocycles. The van der Waals surface area contributed by atoms with Crippen molar-refractivity contribution in [1.82, 2.24) is 10.9 Å². The highest BCUT2D eigenvalue weighted by Crippen LogP contribution is 2.15. The normalized spacial score (nSPS) is 9.90. The summed E-state index contributed by atoms with van der Waals surface area (Å²) in [4.78, 5) is 12.0. The molecule has 0 spiro atoms. The molecule has 0 aliphatic carbocycles. The fourth-order valence-corrected chi connectivity index (χ4v) is 2.03. The third-order valence-electron chi connectivity index (χ3n) is 2.64. The standard InChI is InChI=1S/C15H12BrFN2O/c1-10(11-6-8-12(17)9-7-11)18-19-15(20)13-4-2-3-5-14(13)16/h2-9,18H,1H2,(H,19,20). The van der Waals surface area contributed by atoms with Crippen molar-refractivity contribution < 1.29 is 9.18 Å². The molecule has 0 aliphatic rings. The lowest BCUT2D eigenvalue weighted by atomic mass is 10.2. The van der Waals surface area contributed by atoms with Gasteiger partial charge in [-0.25, -0.2) is 4.39 Å². The molecule has 0 heterocycles. The molecule has 1 amide bonds. The van der Waals surface area contributed by atoms with Crippen LogP contribution < -0.4 is 10.9 Å². The highest BCUT2D eigenvalue weighted by molar-refractivity contribution is 9.10. The van der Waals surface area contributed by atoms with E-state index in [4.69, 9.17) is 0 Å². The Morgan fingerprint density at radius 3 is 2.35 bits per heavy atom. The predicted molar refractivity (Wildman–Crippen MR) is 80.2 cm³/mol. The van der Waals surface area contributed by atoms with E-state index >= 15 is 0 Å². The quantitative estimate of drug-likeness (QED) is 0.840. The number of halogens is 2. The Morgan fingerprint density at radius 1 is 1.05 bits per heavy atom. The summed E-state index contributed by atoms with van der Waals surface area (Å²) in [6.07, 6.45) is 0. The van der Waals surface area contributed by atoms with Crippen molar-refractivity contribution in [2.24, 2.45) is 0 Å². The molecule has 0 atom stereocenters. The summed E-state index contributed by atoms with van der Waals surface area (Å²) in [6, 6.07) is 12.9. The highest BCUT2D eigenvalue weighted by atomic mass is 79.9. The average Bonchev–Trinajstić information content (AvgIpc) is 2.45. The van der Waals surface area contributed by atoms with E-state index in [2.05, 4.69) is 33.4 Å². The third-order valence-corrected chi connectivity index (χ3v) is 3.33. The summed E-state index contributed by atoms with van der Waals surface area (Å²) in [6.45, 7) is 3.78. The minimum atomic E-state index is -0.321. The van der Waals surface area contributed by atoms with Crippen LogP contribution in [-0.4, -0.2) is 5.91 Å². The summed E-state index contributed by atoms with van der Waals surface area (Å²) in [5.41, 5.74) is 6.92. The number of hydrogen-bond donors (Lipinski definition) is 2. The number of hydrogen-bond acceptors (Lipinski definition) is 2. The number of rotatable bonds is 4. The first kappa shape index (κ1) is 14.3. The van der Waals surface area contributed by atoms with Gasteiger partial charge in [0.2, 0.25) is 0 Å². The third kappa shape index (κ3) is 3.45. The molecule has 2 aromatic carbocycles. The molecule has 2 aromatic rings. The average molecular weight is 335 g/mol. The van der Waals surface area contributed by atoms with Gasteiger partial charge in [0.1, 0.15) is 5.82 Å². The topological polar surface area (TPSA) is 41.1 Å². The predicted octanol–water partition coefficient (Wildman–Crippen LogP) is 3.49. The van der Waals surface area contributed by atoms with Gasteiger partial charge in [-0.05, 0) is 57.9 Å². The van der Waals surface area contributed by atoms with Crippen molar-refractivity contribution in [3.8, 4) is 0 Å². The Labute approximate surface area is 124 Å². The maximum absolute atomic E-state index is 12.8. The number of benzene rings is 2. The molecule has 2 N–H and O–H groups in total. The van der Waals surface area contributed by atoms with Crippen LogP contribution in [0.4, 0.5) is 4.39 Å². The van der Waals surface area contributed by atoms with Gasteiger partial charge in [-0.3, -0.25) is 15.6 Å². The number of nitrogens with one attached hydrogen (secondary N) is 2. The van der Waals surface area contributed by atoms with E-state index in [1.165, 1.54) is 12.1 Å². The molecule has 0 aliphatic heterocycles. The molecule has 102 valence electrons. The first-order valence-electron chi connectivity index (χ1n) is 5.83. The van der Waals surface area contributed by atoms with E-state index in [1.54, 1.807) is 30.3 Å². The van der Waals surface area contributed by atoms with Crippen LogP contribution in [0.25, 0.3) is 5.70 Å². The first-order valence-corrected chi connectivity index (χ1v) is 6.63. The van der Waals surface area contributed by atoms with Gasteiger partial charge in [-0.2, -0.15) is 0 Å². The summed E-state index contributed by atoms with van der Waals surface area (Å²) >= 11 is 3.30. The molecule has 5 heteroatoms. The zero-order valence-corrected chi connectivity index (χ0v) is 12.1. The molecular weight excluding hydrogens is 323 g/mol. The maximum Gasteiger partial charge on any atom is 0.270 e. The van der Waals surface area contributed by atoms with Crippen LogP contribution in [0.15, 0.2) is 59.6 Å². The Bertz CT molecular complexity index is 641. The number of carbonyl (C=O) groups excluding carboxylic acids is 1. The Balaban J connectivity index is 1.99. The fourth-order valence-electron chi connectivity index (χ4n) is 1.57. The van der Waals surface area contributed by atoms with Crippen LogP contribution in [0.2, 0.25) is 0 Å². The maximum atomic E-state index is 12.8. The van der Waals surface area contributed by atoms with E-state index in [9.17, 15) is 9.18 Å². The Hall–Kier alpha value is -2.14. The number of amides is 1. The van der Waals surface area contributed by atoms with Gasteiger partial charge in [0.15, 0.2) is 0 Å². The Kier molecular flexibility index (Phi) is 4.53. The lowest BCUT2D eigenvalue weighted by molar-refractivity contribution is 0.0941. The fraction of sp³-hybridized carbons (Fsp3) is 0. The number of carbonyl (C=O) groups is 1. The molecule has 0 saturated heterocycles. The van der Waals surface area contributed by atoms with Crippen LogP contribution in [0, 0.1) is 5.82 Å². The second-order valence-corrected chi connectivity index (χ2v) is 4.90. The monoisotopic (exact) mass is 334 g/mol. The van der Waals surface area contributed by atoms with Crippen molar-refractivity contribution in [2.45, 2.75) is 0 Å². The van der Waals surface area contributed by atoms with E-state index < -0.39 is 0 Å². The van der Waals surface area contributed by atoms with Gasteiger partial charge >= 0.3 is 0 Å². The molecule has 0 aromatic heterocycles. The minimum absolute atomic E-state index is 0.291. The second-order valence-electron chi connectivity index (χ2n) is 4.04. The molecule has 20 heavy (non-hydrogen) atoms. The lowest BCUT2D eigenvalue weighted by Crippen LogP contribution is -2.36.